The molecule has 29 heavy (non-hydrogen) atoms. The number of hydrogen-bond donors (Lipinski definition) is 1. The summed E-state index contributed by atoms with van der Waals surface area (Å²) in [6.45, 7) is 8.27. The number of ether oxygens (including phenoxy) is 1. The number of para-hydroxylation sites is 1. The van der Waals surface area contributed by atoms with Gasteiger partial charge in [-0.1, -0.05) is 61.8 Å². The molecule has 156 valence electrons. The summed E-state index contributed by atoms with van der Waals surface area (Å²) in [5.74, 6) is 0.465. The van der Waals surface area contributed by atoms with E-state index in [-0.39, 0.29) is 30.9 Å². The third kappa shape index (κ3) is 6.23. The van der Waals surface area contributed by atoms with E-state index in [1.807, 2.05) is 49.4 Å². The smallest absolute Gasteiger partial charge is 0.261 e. The fourth-order valence-electron chi connectivity index (χ4n) is 3.03. The summed E-state index contributed by atoms with van der Waals surface area (Å²) in [7, 11) is 0. The van der Waals surface area contributed by atoms with Crippen LogP contribution < -0.4 is 10.1 Å². The molecule has 2 aromatic carbocycles. The Kier molecular flexibility index (Phi) is 8.52. The maximum absolute atomic E-state index is 13.0. The third-order valence-electron chi connectivity index (χ3n) is 4.71. The van der Waals surface area contributed by atoms with Gasteiger partial charge in [-0.15, -0.1) is 0 Å². The van der Waals surface area contributed by atoms with E-state index in [0.29, 0.717) is 17.3 Å². The van der Waals surface area contributed by atoms with Crippen molar-refractivity contribution in [3.63, 3.8) is 0 Å². The monoisotopic (exact) mass is 416 g/mol. The summed E-state index contributed by atoms with van der Waals surface area (Å²) in [5.41, 5.74) is 1.82. The highest BCUT2D eigenvalue weighted by molar-refractivity contribution is 6.31. The normalized spacial score (nSPS) is 11.8. The van der Waals surface area contributed by atoms with E-state index in [0.717, 1.165) is 11.1 Å². The molecule has 1 N–H and O–H groups in total. The molecule has 2 aromatic rings. The summed E-state index contributed by atoms with van der Waals surface area (Å²) in [5, 5.41) is 3.33. The van der Waals surface area contributed by atoms with Crippen LogP contribution in [0.25, 0.3) is 0 Å². The minimum atomic E-state index is -0.650. The molecule has 0 radical (unpaired) electrons. The minimum Gasteiger partial charge on any atom is -0.483 e. The van der Waals surface area contributed by atoms with E-state index in [2.05, 4.69) is 19.2 Å². The molecule has 0 aliphatic rings. The molecule has 0 saturated heterocycles. The lowest BCUT2D eigenvalue weighted by atomic mass is 10.0. The predicted octanol–water partition coefficient (Wildman–Crippen LogP) is 4.40. The van der Waals surface area contributed by atoms with Crippen molar-refractivity contribution in [1.29, 1.82) is 0 Å². The van der Waals surface area contributed by atoms with Crippen molar-refractivity contribution in [3.05, 3.63) is 64.7 Å². The number of nitrogens with one attached hydrogen (secondary N) is 1. The van der Waals surface area contributed by atoms with Gasteiger partial charge in [0.2, 0.25) is 5.91 Å². The fraction of sp³-hybridized carbons (Fsp3) is 0.391. The summed E-state index contributed by atoms with van der Waals surface area (Å²) in [4.78, 5) is 26.9. The molecule has 5 nitrogen and oxygen atoms in total. The topological polar surface area (TPSA) is 58.6 Å². The largest absolute Gasteiger partial charge is 0.483 e. The molecule has 1 atom stereocenters. The summed E-state index contributed by atoms with van der Waals surface area (Å²) in [6, 6.07) is 14.3. The SMILES string of the molecule is CCNC(=O)[C@H](C)N(Cc1ccccc1Cl)C(=O)COc1ccccc1C(C)C. The van der Waals surface area contributed by atoms with Gasteiger partial charge in [0.15, 0.2) is 6.61 Å². The van der Waals surface area contributed by atoms with Gasteiger partial charge >= 0.3 is 0 Å². The number of halogens is 1. The number of nitrogens with zero attached hydrogens (tertiary/aromatic N) is 1. The molecule has 2 amide bonds. The number of benzene rings is 2. The van der Waals surface area contributed by atoms with Crippen LogP contribution in [0.1, 0.15) is 44.7 Å². The molecule has 0 heterocycles. The van der Waals surface area contributed by atoms with Crippen molar-refractivity contribution in [2.24, 2.45) is 0 Å². The minimum absolute atomic E-state index is 0.155. The third-order valence-corrected chi connectivity index (χ3v) is 5.08. The molecule has 0 aromatic heterocycles. The zero-order valence-corrected chi connectivity index (χ0v) is 18.2. The summed E-state index contributed by atoms with van der Waals surface area (Å²) >= 11 is 6.28. The highest BCUT2D eigenvalue weighted by Gasteiger charge is 2.27. The Labute approximate surface area is 178 Å². The van der Waals surface area contributed by atoms with E-state index in [1.165, 1.54) is 4.90 Å². The fourth-order valence-corrected chi connectivity index (χ4v) is 3.22. The van der Waals surface area contributed by atoms with E-state index in [1.54, 1.807) is 13.0 Å². The average Bonchev–Trinajstić information content (AvgIpc) is 2.71. The maximum Gasteiger partial charge on any atom is 0.261 e. The molecule has 0 bridgehead atoms. The molecule has 2 rings (SSSR count). The predicted molar refractivity (Wildman–Crippen MR) is 116 cm³/mol. The molecule has 0 unspecified atom stereocenters. The zero-order chi connectivity index (χ0) is 21.4. The molecular formula is C23H29ClN2O3. The van der Waals surface area contributed by atoms with Crippen molar-refractivity contribution >= 4 is 23.4 Å². The van der Waals surface area contributed by atoms with Gasteiger partial charge in [0.1, 0.15) is 11.8 Å². The number of hydrogen-bond acceptors (Lipinski definition) is 3. The van der Waals surface area contributed by atoms with Gasteiger partial charge in [-0.2, -0.15) is 0 Å². The second-order valence-corrected chi connectivity index (χ2v) is 7.57. The van der Waals surface area contributed by atoms with Crippen LogP contribution in [0.4, 0.5) is 0 Å². The maximum atomic E-state index is 13.0. The number of rotatable bonds is 9. The van der Waals surface area contributed by atoms with Gasteiger partial charge in [0.05, 0.1) is 0 Å². The molecule has 0 aliphatic carbocycles. The lowest BCUT2D eigenvalue weighted by Gasteiger charge is -2.29. The highest BCUT2D eigenvalue weighted by atomic mass is 35.5. The number of carbonyl (C=O) groups is 2. The van der Waals surface area contributed by atoms with Crippen LogP contribution in [0.15, 0.2) is 48.5 Å². The van der Waals surface area contributed by atoms with Crippen LogP contribution in [0.5, 0.6) is 5.75 Å². The van der Waals surface area contributed by atoms with Crippen molar-refractivity contribution < 1.29 is 14.3 Å². The van der Waals surface area contributed by atoms with Gasteiger partial charge in [0.25, 0.3) is 5.91 Å². The Balaban J connectivity index is 2.20. The van der Waals surface area contributed by atoms with E-state index in [9.17, 15) is 9.59 Å². The Morgan fingerprint density at radius 2 is 1.72 bits per heavy atom. The average molecular weight is 417 g/mol. The molecule has 0 aliphatic heterocycles. The summed E-state index contributed by atoms with van der Waals surface area (Å²) < 4.78 is 5.84. The zero-order valence-electron chi connectivity index (χ0n) is 17.4. The first-order valence-electron chi connectivity index (χ1n) is 9.87. The van der Waals surface area contributed by atoms with E-state index < -0.39 is 6.04 Å². The van der Waals surface area contributed by atoms with Crippen LogP contribution >= 0.6 is 11.6 Å². The van der Waals surface area contributed by atoms with Crippen LogP contribution in [-0.4, -0.2) is 35.9 Å². The highest BCUT2D eigenvalue weighted by Crippen LogP contribution is 2.26. The van der Waals surface area contributed by atoms with Crippen LogP contribution in [0, 0.1) is 0 Å². The molecule has 6 heteroatoms. The number of carbonyl (C=O) groups excluding carboxylic acids is 2. The van der Waals surface area contributed by atoms with E-state index >= 15 is 0 Å². The lowest BCUT2D eigenvalue weighted by molar-refractivity contribution is -0.142. The second kappa shape index (κ2) is 10.9. The first kappa shape index (κ1) is 22.8. The Morgan fingerprint density at radius 3 is 2.38 bits per heavy atom. The first-order valence-corrected chi connectivity index (χ1v) is 10.2. The lowest BCUT2D eigenvalue weighted by Crippen LogP contribution is -2.49. The first-order chi connectivity index (χ1) is 13.8. The number of amides is 2. The summed E-state index contributed by atoms with van der Waals surface area (Å²) in [6.07, 6.45) is 0. The Hall–Kier alpha value is -2.53. The molecule has 0 saturated carbocycles. The van der Waals surface area contributed by atoms with E-state index in [4.69, 9.17) is 16.3 Å². The van der Waals surface area contributed by atoms with Crippen molar-refractivity contribution in [3.8, 4) is 5.75 Å². The van der Waals surface area contributed by atoms with Gasteiger partial charge in [0, 0.05) is 18.1 Å². The van der Waals surface area contributed by atoms with Crippen molar-refractivity contribution in [2.45, 2.75) is 46.2 Å². The quantitative estimate of drug-likeness (QED) is 0.659. The van der Waals surface area contributed by atoms with Crippen molar-refractivity contribution in [1.82, 2.24) is 10.2 Å². The van der Waals surface area contributed by atoms with Crippen LogP contribution in [-0.2, 0) is 16.1 Å². The van der Waals surface area contributed by atoms with Crippen LogP contribution in [0.2, 0.25) is 5.02 Å². The molecule has 0 fully saturated rings. The van der Waals surface area contributed by atoms with Gasteiger partial charge in [-0.3, -0.25) is 9.59 Å². The molecule has 0 spiro atoms. The van der Waals surface area contributed by atoms with Gasteiger partial charge < -0.3 is 15.0 Å². The molecular weight excluding hydrogens is 388 g/mol. The van der Waals surface area contributed by atoms with Gasteiger partial charge in [-0.05, 0) is 43.0 Å². The number of likely N-dealkylation sites (N-methyl/N-ethyl adjacent to an activating group) is 1. The van der Waals surface area contributed by atoms with Crippen LogP contribution in [0.3, 0.4) is 0 Å². The van der Waals surface area contributed by atoms with Crippen molar-refractivity contribution in [2.75, 3.05) is 13.2 Å². The standard InChI is InChI=1S/C23H29ClN2O3/c1-5-25-23(28)17(4)26(14-18-10-6-8-12-20(18)24)22(27)15-29-21-13-9-7-11-19(21)16(2)3/h6-13,16-17H,5,14-15H2,1-4H3,(H,25,28)/t17-/m0/s1. The Bertz CT molecular complexity index is 838. The second-order valence-electron chi connectivity index (χ2n) is 7.16. The Morgan fingerprint density at radius 1 is 1.07 bits per heavy atom. The van der Waals surface area contributed by atoms with Gasteiger partial charge in [-0.25, -0.2) is 0 Å².